The van der Waals surface area contributed by atoms with Crippen LogP contribution in [0.3, 0.4) is 0 Å². The Bertz CT molecular complexity index is 559. The maximum atomic E-state index is 11.9. The van der Waals surface area contributed by atoms with Crippen LogP contribution in [0.1, 0.15) is 33.6 Å². The van der Waals surface area contributed by atoms with Crippen molar-refractivity contribution in [3.63, 3.8) is 0 Å². The molecule has 0 aromatic heterocycles. The fraction of sp³-hybridized carbons (Fsp3) is 0.812. The molecule has 0 saturated carbocycles. The van der Waals surface area contributed by atoms with Crippen molar-refractivity contribution in [2.45, 2.75) is 57.5 Å². The second-order valence-corrected chi connectivity index (χ2v) is 7.16. The third-order valence-corrected chi connectivity index (χ3v) is 3.30. The number of carbonyl (C=O) groups excluding carboxylic acids is 3. The molecule has 1 aliphatic rings. The number of hydrogen-bond donors (Lipinski definition) is 3. The van der Waals surface area contributed by atoms with Crippen LogP contribution in [0.15, 0.2) is 0 Å². The number of nitrogens with one attached hydrogen (secondary N) is 3. The first-order chi connectivity index (χ1) is 13.4. The van der Waals surface area contributed by atoms with Crippen LogP contribution in [0.25, 0.3) is 0 Å². The van der Waals surface area contributed by atoms with Gasteiger partial charge in [-0.05, 0) is 33.6 Å². The van der Waals surface area contributed by atoms with E-state index in [9.17, 15) is 27.6 Å². The molecule has 168 valence electrons. The minimum Gasteiger partial charge on any atom is -0.446 e. The lowest BCUT2D eigenvalue weighted by molar-refractivity contribution is -0.175. The lowest BCUT2D eigenvalue weighted by atomic mass is 10.0. The molecule has 10 nitrogen and oxygen atoms in total. The van der Waals surface area contributed by atoms with E-state index in [2.05, 4.69) is 20.2 Å². The summed E-state index contributed by atoms with van der Waals surface area (Å²) in [6, 6.07) is -0.316. The third kappa shape index (κ3) is 12.0. The van der Waals surface area contributed by atoms with Gasteiger partial charge in [0.2, 0.25) is 0 Å². The van der Waals surface area contributed by atoms with Crippen molar-refractivity contribution in [3.05, 3.63) is 0 Å². The molecule has 0 unspecified atom stereocenters. The van der Waals surface area contributed by atoms with E-state index in [1.165, 1.54) is 0 Å². The van der Waals surface area contributed by atoms with Crippen molar-refractivity contribution < 1.29 is 46.5 Å². The van der Waals surface area contributed by atoms with E-state index in [0.29, 0.717) is 6.42 Å². The first kappa shape index (κ1) is 24.8. The summed E-state index contributed by atoms with van der Waals surface area (Å²) < 4.78 is 54.8. The van der Waals surface area contributed by atoms with Crippen LogP contribution >= 0.6 is 0 Å². The number of alkyl halides is 3. The van der Waals surface area contributed by atoms with Crippen LogP contribution in [0.2, 0.25) is 0 Å². The Morgan fingerprint density at radius 3 is 2.28 bits per heavy atom. The van der Waals surface area contributed by atoms with Crippen molar-refractivity contribution in [2.75, 3.05) is 26.4 Å². The largest absolute Gasteiger partial charge is 0.446 e. The third-order valence-electron chi connectivity index (χ3n) is 3.30. The van der Waals surface area contributed by atoms with Gasteiger partial charge in [-0.25, -0.2) is 15.0 Å². The van der Waals surface area contributed by atoms with Gasteiger partial charge >= 0.3 is 18.4 Å². The maximum absolute atomic E-state index is 11.9. The van der Waals surface area contributed by atoms with Gasteiger partial charge in [-0.1, -0.05) is 0 Å². The lowest BCUT2D eigenvalue weighted by Gasteiger charge is -2.29. The van der Waals surface area contributed by atoms with Crippen LogP contribution in [0.4, 0.5) is 22.8 Å². The molecule has 0 aliphatic carbocycles. The summed E-state index contributed by atoms with van der Waals surface area (Å²) in [6.07, 6.45) is -6.21. The summed E-state index contributed by atoms with van der Waals surface area (Å²) in [5.74, 6) is -0.633. The summed E-state index contributed by atoms with van der Waals surface area (Å²) in [4.78, 5) is 35.0. The Morgan fingerprint density at radius 2 is 1.72 bits per heavy atom. The number of halogens is 3. The van der Waals surface area contributed by atoms with E-state index in [1.54, 1.807) is 20.8 Å². The van der Waals surface area contributed by atoms with Crippen LogP contribution in [-0.4, -0.2) is 68.4 Å². The Balaban J connectivity index is 2.17. The van der Waals surface area contributed by atoms with Crippen LogP contribution in [0, 0.1) is 0 Å². The molecule has 13 heteroatoms. The molecule has 0 spiro atoms. The zero-order valence-electron chi connectivity index (χ0n) is 16.4. The number of hydrogen-bond acceptors (Lipinski definition) is 7. The van der Waals surface area contributed by atoms with E-state index in [4.69, 9.17) is 9.47 Å². The molecule has 3 amide bonds. The van der Waals surface area contributed by atoms with Crippen LogP contribution in [-0.2, 0) is 23.7 Å². The van der Waals surface area contributed by atoms with E-state index in [-0.39, 0.29) is 19.1 Å². The number of hydrazine groups is 1. The van der Waals surface area contributed by atoms with Gasteiger partial charge in [0, 0.05) is 0 Å². The minimum absolute atomic E-state index is 0.0817. The SMILES string of the molecule is CC(C)(C)OC(=O)N[C@@H]1CC[C@@H](C(=O)NNC(=O)OCCOCC(F)(F)F)OC1. The number of rotatable bonds is 6. The molecule has 0 aromatic carbocycles. The second kappa shape index (κ2) is 11.0. The number of carbonyl (C=O) groups is 3. The summed E-state index contributed by atoms with van der Waals surface area (Å²) in [5.41, 5.74) is 3.40. The highest BCUT2D eigenvalue weighted by Gasteiger charge is 2.29. The van der Waals surface area contributed by atoms with Gasteiger partial charge in [-0.15, -0.1) is 0 Å². The molecular weight excluding hydrogens is 403 g/mol. The predicted molar refractivity (Wildman–Crippen MR) is 91.6 cm³/mol. The van der Waals surface area contributed by atoms with Crippen molar-refractivity contribution in [1.82, 2.24) is 16.2 Å². The topological polar surface area (TPSA) is 124 Å². The van der Waals surface area contributed by atoms with Crippen LogP contribution < -0.4 is 16.2 Å². The first-order valence-corrected chi connectivity index (χ1v) is 8.84. The highest BCUT2D eigenvalue weighted by atomic mass is 19.4. The van der Waals surface area contributed by atoms with Crippen molar-refractivity contribution in [2.24, 2.45) is 0 Å². The van der Waals surface area contributed by atoms with E-state index >= 15 is 0 Å². The molecule has 0 bridgehead atoms. The normalized spacial score (nSPS) is 19.8. The van der Waals surface area contributed by atoms with Gasteiger partial charge in [0.25, 0.3) is 5.91 Å². The minimum atomic E-state index is -4.46. The average Bonchev–Trinajstić information content (AvgIpc) is 2.57. The molecule has 1 saturated heterocycles. The predicted octanol–water partition coefficient (Wildman–Crippen LogP) is 1.39. The number of amides is 3. The molecule has 1 heterocycles. The molecule has 0 aromatic rings. The Kier molecular flexibility index (Phi) is 9.43. The maximum Gasteiger partial charge on any atom is 0.426 e. The fourth-order valence-corrected chi connectivity index (χ4v) is 2.16. The lowest BCUT2D eigenvalue weighted by Crippen LogP contribution is -2.51. The molecule has 0 radical (unpaired) electrons. The zero-order chi connectivity index (χ0) is 22.1. The number of ether oxygens (including phenoxy) is 4. The highest BCUT2D eigenvalue weighted by molar-refractivity contribution is 5.82. The summed E-state index contributed by atoms with van der Waals surface area (Å²) in [6.45, 7) is 2.97. The second-order valence-electron chi connectivity index (χ2n) is 7.16. The van der Waals surface area contributed by atoms with Gasteiger partial charge < -0.3 is 24.3 Å². The molecule has 2 atom stereocenters. The Morgan fingerprint density at radius 1 is 1.03 bits per heavy atom. The standard InChI is InChI=1S/C16H26F3N3O7/c1-15(2,3)29-13(24)20-10-4-5-11(28-8-10)12(23)21-22-14(25)27-7-6-26-9-16(17,18)19/h10-11H,4-9H2,1-3H3,(H,20,24)(H,21,23)(H,22,25)/t10-,11+/m1/s1. The molecule has 1 rings (SSSR count). The quantitative estimate of drug-likeness (QED) is 0.431. The smallest absolute Gasteiger partial charge is 0.426 e. The average molecular weight is 429 g/mol. The summed E-state index contributed by atoms with van der Waals surface area (Å²) >= 11 is 0. The van der Waals surface area contributed by atoms with Crippen molar-refractivity contribution >= 4 is 18.1 Å². The highest BCUT2D eigenvalue weighted by Crippen LogP contribution is 2.15. The monoisotopic (exact) mass is 429 g/mol. The molecule has 29 heavy (non-hydrogen) atoms. The summed E-state index contributed by atoms with van der Waals surface area (Å²) in [7, 11) is 0. The Hall–Kier alpha value is -2.28. The fourth-order valence-electron chi connectivity index (χ4n) is 2.16. The van der Waals surface area contributed by atoms with Gasteiger partial charge in [0.15, 0.2) is 0 Å². The number of alkyl carbamates (subject to hydrolysis) is 1. The van der Waals surface area contributed by atoms with Crippen molar-refractivity contribution in [3.8, 4) is 0 Å². The Labute approximate surface area is 165 Å². The van der Waals surface area contributed by atoms with Gasteiger partial charge in [-0.3, -0.25) is 10.2 Å². The van der Waals surface area contributed by atoms with E-state index in [1.807, 2.05) is 5.43 Å². The van der Waals surface area contributed by atoms with Gasteiger partial charge in [0.1, 0.15) is 24.9 Å². The van der Waals surface area contributed by atoms with E-state index < -0.39 is 55.8 Å². The molecule has 1 aliphatic heterocycles. The van der Waals surface area contributed by atoms with E-state index in [0.717, 1.165) is 0 Å². The molecule has 3 N–H and O–H groups in total. The first-order valence-electron chi connectivity index (χ1n) is 8.84. The summed E-state index contributed by atoms with van der Waals surface area (Å²) in [5, 5.41) is 2.64. The van der Waals surface area contributed by atoms with Gasteiger partial charge in [-0.2, -0.15) is 13.2 Å². The van der Waals surface area contributed by atoms with Crippen molar-refractivity contribution in [1.29, 1.82) is 0 Å². The zero-order valence-corrected chi connectivity index (χ0v) is 16.4. The van der Waals surface area contributed by atoms with Gasteiger partial charge in [0.05, 0.1) is 19.3 Å². The molecular formula is C16H26F3N3O7. The molecule has 1 fully saturated rings. The van der Waals surface area contributed by atoms with Crippen LogP contribution in [0.5, 0.6) is 0 Å².